The molecule has 0 radical (unpaired) electrons. The fraction of sp³-hybridized carbons (Fsp3) is 0.111. The Morgan fingerprint density at radius 2 is 2.29 bits per heavy atom. The van der Waals surface area contributed by atoms with Crippen LogP contribution in [0, 0.1) is 17.1 Å². The number of ether oxygens (including phenoxy) is 1. The largest absolute Gasteiger partial charge is 0.496 e. The first-order valence-electron chi connectivity index (χ1n) is 3.57. The first kappa shape index (κ1) is 10.5. The van der Waals surface area contributed by atoms with Crippen molar-refractivity contribution in [2.45, 2.75) is 0 Å². The molecule has 0 heterocycles. The number of nitrogens with zero attached hydrogens (tertiary/aromatic N) is 1. The van der Waals surface area contributed by atoms with Crippen LogP contribution in [0.2, 0.25) is 0 Å². The summed E-state index contributed by atoms with van der Waals surface area (Å²) in [6, 6.07) is 3.91. The Kier molecular flexibility index (Phi) is 3.05. The molecule has 0 saturated carbocycles. The maximum atomic E-state index is 13.2. The summed E-state index contributed by atoms with van der Waals surface area (Å²) < 4.78 is 17.9. The van der Waals surface area contributed by atoms with Crippen molar-refractivity contribution < 1.29 is 13.9 Å². The second-order valence-corrected chi connectivity index (χ2v) is 2.76. The predicted molar refractivity (Wildman–Crippen MR) is 47.9 cm³/mol. The fourth-order valence-electron chi connectivity index (χ4n) is 0.998. The predicted octanol–water partition coefficient (Wildman–Crippen LogP) is 2.08. The second-order valence-electron chi connectivity index (χ2n) is 2.42. The molecule has 0 saturated heterocycles. The molecular weight excluding hydrogens is 209 g/mol. The van der Waals surface area contributed by atoms with Crippen LogP contribution >= 0.6 is 11.6 Å². The number of hydrogen-bond donors (Lipinski definition) is 0. The summed E-state index contributed by atoms with van der Waals surface area (Å²) >= 11 is 5.15. The van der Waals surface area contributed by atoms with Crippen LogP contribution in [0.5, 0.6) is 5.75 Å². The second kappa shape index (κ2) is 4.07. The SMILES string of the molecule is COc1cc(C#N)cc(F)c1C(=O)Cl. The molecule has 0 bridgehead atoms. The van der Waals surface area contributed by atoms with Gasteiger partial charge in [-0.3, -0.25) is 4.79 Å². The van der Waals surface area contributed by atoms with E-state index in [2.05, 4.69) is 0 Å². The lowest BCUT2D eigenvalue weighted by molar-refractivity contribution is 0.107. The van der Waals surface area contributed by atoms with E-state index in [-0.39, 0.29) is 16.9 Å². The van der Waals surface area contributed by atoms with Crippen molar-refractivity contribution in [2.75, 3.05) is 7.11 Å². The van der Waals surface area contributed by atoms with Gasteiger partial charge in [-0.15, -0.1) is 0 Å². The number of carbonyl (C=O) groups excluding carboxylic acids is 1. The molecule has 0 aliphatic heterocycles. The number of nitriles is 1. The van der Waals surface area contributed by atoms with Crippen LogP contribution in [0.15, 0.2) is 12.1 Å². The van der Waals surface area contributed by atoms with Gasteiger partial charge in [0, 0.05) is 0 Å². The Morgan fingerprint density at radius 1 is 1.64 bits per heavy atom. The Balaban J connectivity index is 3.44. The third-order valence-electron chi connectivity index (χ3n) is 1.60. The molecular formula is C9H5ClFNO2. The van der Waals surface area contributed by atoms with E-state index in [1.165, 1.54) is 13.2 Å². The zero-order chi connectivity index (χ0) is 10.7. The molecule has 0 unspecified atom stereocenters. The van der Waals surface area contributed by atoms with Crippen LogP contribution < -0.4 is 4.74 Å². The Labute approximate surface area is 84.7 Å². The Hall–Kier alpha value is -1.60. The first-order valence-corrected chi connectivity index (χ1v) is 3.95. The molecule has 1 rings (SSSR count). The molecule has 0 amide bonds. The van der Waals surface area contributed by atoms with Gasteiger partial charge in [0.05, 0.1) is 18.7 Å². The third-order valence-corrected chi connectivity index (χ3v) is 1.79. The van der Waals surface area contributed by atoms with Gasteiger partial charge >= 0.3 is 0 Å². The van der Waals surface area contributed by atoms with Crippen molar-refractivity contribution >= 4 is 16.8 Å². The number of benzene rings is 1. The summed E-state index contributed by atoms with van der Waals surface area (Å²) in [4.78, 5) is 10.8. The van der Waals surface area contributed by atoms with Crippen molar-refractivity contribution in [1.82, 2.24) is 0 Å². The van der Waals surface area contributed by atoms with E-state index >= 15 is 0 Å². The van der Waals surface area contributed by atoms with Crippen LogP contribution in [0.3, 0.4) is 0 Å². The van der Waals surface area contributed by atoms with Gasteiger partial charge in [-0.25, -0.2) is 4.39 Å². The van der Waals surface area contributed by atoms with Crippen LogP contribution in [0.4, 0.5) is 4.39 Å². The van der Waals surface area contributed by atoms with E-state index in [0.717, 1.165) is 6.07 Å². The third kappa shape index (κ3) is 1.83. The molecule has 3 nitrogen and oxygen atoms in total. The standard InChI is InChI=1S/C9H5ClFNO2/c1-14-7-3-5(4-12)2-6(11)8(7)9(10)13/h2-3H,1H3. The van der Waals surface area contributed by atoms with E-state index in [1.807, 2.05) is 0 Å². The maximum Gasteiger partial charge on any atom is 0.259 e. The molecule has 0 aromatic heterocycles. The molecule has 0 aliphatic rings. The van der Waals surface area contributed by atoms with Crippen molar-refractivity contribution in [3.63, 3.8) is 0 Å². The lowest BCUT2D eigenvalue weighted by Gasteiger charge is -2.05. The normalized spacial score (nSPS) is 9.29. The zero-order valence-corrected chi connectivity index (χ0v) is 7.93. The van der Waals surface area contributed by atoms with Gasteiger partial charge < -0.3 is 4.74 Å². The van der Waals surface area contributed by atoms with Gasteiger partial charge in [-0.05, 0) is 23.7 Å². The lowest BCUT2D eigenvalue weighted by Crippen LogP contribution is -2.00. The average molecular weight is 214 g/mol. The summed E-state index contributed by atoms with van der Waals surface area (Å²) in [7, 11) is 1.26. The van der Waals surface area contributed by atoms with Gasteiger partial charge in [-0.2, -0.15) is 5.26 Å². The molecule has 0 aliphatic carbocycles. The van der Waals surface area contributed by atoms with Crippen molar-refractivity contribution in [3.05, 3.63) is 29.1 Å². The topological polar surface area (TPSA) is 50.1 Å². The minimum atomic E-state index is -0.955. The summed E-state index contributed by atoms with van der Waals surface area (Å²) in [6.45, 7) is 0. The highest BCUT2D eigenvalue weighted by molar-refractivity contribution is 6.68. The highest BCUT2D eigenvalue weighted by atomic mass is 35.5. The molecule has 1 aromatic carbocycles. The molecule has 0 spiro atoms. The Morgan fingerprint density at radius 3 is 2.71 bits per heavy atom. The first-order chi connectivity index (χ1) is 6.60. The summed E-state index contributed by atoms with van der Waals surface area (Å²) in [5.74, 6) is -0.901. The van der Waals surface area contributed by atoms with Crippen molar-refractivity contribution in [3.8, 4) is 11.8 Å². The van der Waals surface area contributed by atoms with Gasteiger partial charge in [0.25, 0.3) is 5.24 Å². The monoisotopic (exact) mass is 213 g/mol. The molecule has 72 valence electrons. The highest BCUT2D eigenvalue weighted by Crippen LogP contribution is 2.24. The van der Waals surface area contributed by atoms with Crippen LogP contribution in [0.1, 0.15) is 15.9 Å². The lowest BCUT2D eigenvalue weighted by atomic mass is 10.1. The van der Waals surface area contributed by atoms with Gasteiger partial charge in [0.1, 0.15) is 17.1 Å². The molecule has 0 fully saturated rings. The summed E-state index contributed by atoms with van der Waals surface area (Å²) in [6.07, 6.45) is 0. The fourth-order valence-corrected chi connectivity index (χ4v) is 1.18. The van der Waals surface area contributed by atoms with Gasteiger partial charge in [0.15, 0.2) is 0 Å². The van der Waals surface area contributed by atoms with Gasteiger partial charge in [0.2, 0.25) is 0 Å². The average Bonchev–Trinajstić information content (AvgIpc) is 2.15. The van der Waals surface area contributed by atoms with Crippen molar-refractivity contribution in [2.24, 2.45) is 0 Å². The number of rotatable bonds is 2. The minimum Gasteiger partial charge on any atom is -0.496 e. The van der Waals surface area contributed by atoms with E-state index < -0.39 is 11.1 Å². The molecule has 0 atom stereocenters. The summed E-state index contributed by atoms with van der Waals surface area (Å²) in [5.41, 5.74) is -0.283. The van der Waals surface area contributed by atoms with Crippen molar-refractivity contribution in [1.29, 1.82) is 5.26 Å². The maximum absolute atomic E-state index is 13.2. The number of halogens is 2. The van der Waals surface area contributed by atoms with E-state index in [1.54, 1.807) is 6.07 Å². The highest BCUT2D eigenvalue weighted by Gasteiger charge is 2.17. The summed E-state index contributed by atoms with van der Waals surface area (Å²) in [5, 5.41) is 7.57. The van der Waals surface area contributed by atoms with Gasteiger partial charge in [-0.1, -0.05) is 0 Å². The smallest absolute Gasteiger partial charge is 0.259 e. The van der Waals surface area contributed by atoms with E-state index in [4.69, 9.17) is 21.6 Å². The minimum absolute atomic E-state index is 0.0402. The van der Waals surface area contributed by atoms with E-state index in [0.29, 0.717) is 0 Å². The zero-order valence-electron chi connectivity index (χ0n) is 7.17. The molecule has 0 N–H and O–H groups in total. The van der Waals surface area contributed by atoms with Crippen LogP contribution in [-0.4, -0.2) is 12.4 Å². The number of carbonyl (C=O) groups is 1. The van der Waals surface area contributed by atoms with E-state index in [9.17, 15) is 9.18 Å². The Bertz CT molecular complexity index is 426. The van der Waals surface area contributed by atoms with Crippen LogP contribution in [-0.2, 0) is 0 Å². The quantitative estimate of drug-likeness (QED) is 0.707. The number of hydrogen-bond acceptors (Lipinski definition) is 3. The molecule has 5 heteroatoms. The van der Waals surface area contributed by atoms with Crippen LogP contribution in [0.25, 0.3) is 0 Å². The number of methoxy groups -OCH3 is 1. The molecule has 14 heavy (non-hydrogen) atoms. The molecule has 1 aromatic rings.